The summed E-state index contributed by atoms with van der Waals surface area (Å²) >= 11 is 0. The lowest BCUT2D eigenvalue weighted by Gasteiger charge is -2.36. The van der Waals surface area contributed by atoms with Crippen LogP contribution in [0.1, 0.15) is 35.7 Å². The molecule has 0 aliphatic carbocycles. The maximum atomic E-state index is 15.0. The number of imidazole rings is 1. The van der Waals surface area contributed by atoms with Gasteiger partial charge in [-0.1, -0.05) is 6.92 Å². The summed E-state index contributed by atoms with van der Waals surface area (Å²) in [5, 5.41) is 25.5. The molecule has 0 saturated carbocycles. The van der Waals surface area contributed by atoms with Gasteiger partial charge in [0.05, 0.1) is 23.5 Å². The average Bonchev–Trinajstić information content (AvgIpc) is 3.70. The summed E-state index contributed by atoms with van der Waals surface area (Å²) in [6.07, 6.45) is 5.46. The second-order valence-corrected chi connectivity index (χ2v) is 11.8. The Morgan fingerprint density at radius 2 is 1.91 bits per heavy atom. The van der Waals surface area contributed by atoms with Crippen molar-refractivity contribution in [2.45, 2.75) is 38.3 Å². The fraction of sp³-hybridized carbons (Fsp3) is 0.364. The number of ether oxygens (including phenoxy) is 1. The number of piperazine rings is 1. The highest BCUT2D eigenvalue weighted by Crippen LogP contribution is 2.32. The van der Waals surface area contributed by atoms with Crippen LogP contribution in [0.2, 0.25) is 0 Å². The van der Waals surface area contributed by atoms with Gasteiger partial charge in [0.25, 0.3) is 5.91 Å². The van der Waals surface area contributed by atoms with Crippen molar-refractivity contribution in [3.8, 4) is 23.1 Å². The molecule has 2 aromatic heterocycles. The number of benzene rings is 2. The third-order valence-corrected chi connectivity index (χ3v) is 8.86. The molecule has 2 fully saturated rings. The van der Waals surface area contributed by atoms with Gasteiger partial charge in [0.2, 0.25) is 11.7 Å². The minimum atomic E-state index is -1.20. The maximum absolute atomic E-state index is 15.0. The van der Waals surface area contributed by atoms with E-state index < -0.39 is 29.9 Å². The number of aromatic nitrogens is 3. The zero-order valence-corrected chi connectivity index (χ0v) is 26.0. The van der Waals surface area contributed by atoms with Crippen LogP contribution in [0.3, 0.4) is 0 Å². The third-order valence-electron chi connectivity index (χ3n) is 8.86. The van der Waals surface area contributed by atoms with Crippen LogP contribution in [0.15, 0.2) is 48.9 Å². The van der Waals surface area contributed by atoms with Gasteiger partial charge < -0.3 is 30.3 Å². The zero-order valence-electron chi connectivity index (χ0n) is 26.0. The molecule has 4 heterocycles. The van der Waals surface area contributed by atoms with Crippen LogP contribution in [0.4, 0.5) is 20.3 Å². The number of carbonyl (C=O) groups is 2. The lowest BCUT2D eigenvalue weighted by Crippen LogP contribution is -2.54. The fourth-order valence-corrected chi connectivity index (χ4v) is 6.08. The van der Waals surface area contributed by atoms with Gasteiger partial charge >= 0.3 is 0 Å². The van der Waals surface area contributed by atoms with E-state index in [1.807, 2.05) is 19.9 Å². The Balaban J connectivity index is 1.13. The van der Waals surface area contributed by atoms with Gasteiger partial charge in [-0.2, -0.15) is 9.65 Å². The topological polar surface area (TPSA) is 148 Å². The van der Waals surface area contributed by atoms with Crippen molar-refractivity contribution in [2.75, 3.05) is 44.6 Å². The van der Waals surface area contributed by atoms with Crippen LogP contribution in [0, 0.1) is 29.9 Å². The van der Waals surface area contributed by atoms with E-state index >= 15 is 0 Å². The molecule has 0 radical (unpaired) electrons. The van der Waals surface area contributed by atoms with Gasteiger partial charge in [0.1, 0.15) is 6.07 Å². The molecule has 6 rings (SSSR count). The average molecular weight is 645 g/mol. The van der Waals surface area contributed by atoms with Gasteiger partial charge in [-0.25, -0.2) is 14.4 Å². The Hall–Kier alpha value is -5.13. The molecule has 244 valence electrons. The Labute approximate surface area is 269 Å². The molecule has 1 unspecified atom stereocenters. The molecule has 2 saturated heterocycles. The highest BCUT2D eigenvalue weighted by molar-refractivity contribution is 5.96. The van der Waals surface area contributed by atoms with Gasteiger partial charge in [0, 0.05) is 68.4 Å². The summed E-state index contributed by atoms with van der Waals surface area (Å²) in [4.78, 5) is 38.7. The largest absolute Gasteiger partial charge is 0.476 e. The van der Waals surface area contributed by atoms with E-state index in [4.69, 9.17) is 10.00 Å². The number of anilines is 2. The highest BCUT2D eigenvalue weighted by atomic mass is 19.2. The SMILES string of the molecule is CC[C@]1(O)CNC(C(=O)N2CCN(C(=O)c3ccc(Nc4nccn5c(-c6ccc(OCC#N)c(F)c6F)cnc45)cc3C)CC2)C1. The number of fused-ring (bicyclic) bond motifs is 1. The molecule has 4 aromatic rings. The van der Waals surface area contributed by atoms with E-state index in [1.165, 1.54) is 24.5 Å². The number of aryl methyl sites for hydroxylation is 1. The molecule has 14 heteroatoms. The summed E-state index contributed by atoms with van der Waals surface area (Å²) in [5.41, 5.74) is 1.67. The van der Waals surface area contributed by atoms with Gasteiger partial charge in [-0.3, -0.25) is 14.0 Å². The standard InChI is InChI=1S/C33H34F2N8O4/c1-3-33(46)17-24(39-19-33)32(45)42-13-11-41(12-14-42)31(44)22-5-4-21(16-20(22)2)40-29-30-38-18-25(43(30)10-9-37-29)23-6-7-26(47-15-8-36)28(35)27(23)34/h4-7,9-10,16,18,24,39,46H,3,11-15,17,19H2,1-2H3,(H,37,40)/t24?,33-/m1/s1. The molecule has 47 heavy (non-hydrogen) atoms. The van der Waals surface area contributed by atoms with Crippen LogP contribution in [0.5, 0.6) is 5.75 Å². The first-order valence-electron chi connectivity index (χ1n) is 15.3. The predicted molar refractivity (Wildman–Crippen MR) is 168 cm³/mol. The number of carbonyl (C=O) groups excluding carboxylic acids is 2. The van der Waals surface area contributed by atoms with E-state index in [0.717, 1.165) is 5.56 Å². The molecule has 2 amide bonds. The molecular weight excluding hydrogens is 610 g/mol. The number of rotatable bonds is 8. The zero-order chi connectivity index (χ0) is 33.3. The van der Waals surface area contributed by atoms with Crippen molar-refractivity contribution in [1.82, 2.24) is 29.5 Å². The van der Waals surface area contributed by atoms with Crippen molar-refractivity contribution in [3.63, 3.8) is 0 Å². The number of hydrogen-bond donors (Lipinski definition) is 3. The first-order valence-corrected chi connectivity index (χ1v) is 15.3. The van der Waals surface area contributed by atoms with E-state index in [-0.39, 0.29) is 28.8 Å². The lowest BCUT2D eigenvalue weighted by atomic mass is 9.97. The van der Waals surface area contributed by atoms with Crippen LogP contribution >= 0.6 is 0 Å². The molecule has 2 aliphatic rings. The number of β-amino-alcohol motifs (C(OH)–C–C–N with tert-alkyl or cyclic N) is 1. The second kappa shape index (κ2) is 12.9. The van der Waals surface area contributed by atoms with Crippen LogP contribution < -0.4 is 15.4 Å². The predicted octanol–water partition coefficient (Wildman–Crippen LogP) is 3.42. The minimum Gasteiger partial charge on any atom is -0.476 e. The third kappa shape index (κ3) is 6.19. The van der Waals surface area contributed by atoms with Crippen molar-refractivity contribution in [1.29, 1.82) is 5.26 Å². The first kappa shape index (κ1) is 31.8. The van der Waals surface area contributed by atoms with Crippen LogP contribution in [-0.2, 0) is 4.79 Å². The Morgan fingerprint density at radius 3 is 2.62 bits per heavy atom. The summed E-state index contributed by atoms with van der Waals surface area (Å²) in [6, 6.07) is 9.23. The first-order chi connectivity index (χ1) is 22.6. The molecule has 2 aliphatic heterocycles. The lowest BCUT2D eigenvalue weighted by molar-refractivity contribution is -0.135. The van der Waals surface area contributed by atoms with Crippen molar-refractivity contribution in [2.24, 2.45) is 0 Å². The molecule has 0 spiro atoms. The molecule has 2 aromatic carbocycles. The van der Waals surface area contributed by atoms with E-state index in [9.17, 15) is 23.5 Å². The van der Waals surface area contributed by atoms with E-state index in [1.54, 1.807) is 38.6 Å². The molecule has 3 N–H and O–H groups in total. The number of nitrogens with one attached hydrogen (secondary N) is 2. The Kier molecular flexibility index (Phi) is 8.76. The fourth-order valence-electron chi connectivity index (χ4n) is 6.08. The number of hydrogen-bond acceptors (Lipinski definition) is 9. The molecule has 12 nitrogen and oxygen atoms in total. The molecular formula is C33H34F2N8O4. The maximum Gasteiger partial charge on any atom is 0.254 e. The molecule has 2 atom stereocenters. The summed E-state index contributed by atoms with van der Waals surface area (Å²) < 4.78 is 36.1. The number of halogens is 2. The molecule has 0 bridgehead atoms. The summed E-state index contributed by atoms with van der Waals surface area (Å²) in [7, 11) is 0. The normalized spacial score (nSPS) is 19.5. The second-order valence-electron chi connectivity index (χ2n) is 11.8. The van der Waals surface area contributed by atoms with Gasteiger partial charge in [-0.05, 0) is 49.2 Å². The highest BCUT2D eigenvalue weighted by Gasteiger charge is 2.41. The summed E-state index contributed by atoms with van der Waals surface area (Å²) in [5.74, 6) is -2.50. The van der Waals surface area contributed by atoms with Gasteiger partial charge in [0.15, 0.2) is 29.6 Å². The Bertz CT molecular complexity index is 1880. The van der Waals surface area contributed by atoms with Crippen LogP contribution in [-0.4, -0.2) is 92.1 Å². The minimum absolute atomic E-state index is 0.0424. The quantitative estimate of drug-likeness (QED) is 0.263. The van der Waals surface area contributed by atoms with E-state index in [0.29, 0.717) is 68.3 Å². The van der Waals surface area contributed by atoms with Crippen molar-refractivity contribution in [3.05, 3.63) is 71.7 Å². The number of aliphatic hydroxyl groups is 1. The van der Waals surface area contributed by atoms with Gasteiger partial charge in [-0.15, -0.1) is 0 Å². The number of nitrogens with zero attached hydrogens (tertiary/aromatic N) is 6. The summed E-state index contributed by atoms with van der Waals surface area (Å²) in [6.45, 7) is 5.38. The number of amides is 2. The van der Waals surface area contributed by atoms with Crippen molar-refractivity contribution < 1.29 is 28.2 Å². The smallest absolute Gasteiger partial charge is 0.254 e. The van der Waals surface area contributed by atoms with Crippen LogP contribution in [0.25, 0.3) is 16.9 Å². The monoisotopic (exact) mass is 644 g/mol. The van der Waals surface area contributed by atoms with E-state index in [2.05, 4.69) is 20.6 Å². The van der Waals surface area contributed by atoms with Crippen molar-refractivity contribution >= 4 is 29.0 Å². The Morgan fingerprint density at radius 1 is 1.15 bits per heavy atom. The number of nitriles is 1.